The molecular formula is C21H14O. The minimum absolute atomic E-state index is 0.785. The normalized spacial score (nSPS) is 11.0. The predicted molar refractivity (Wildman–Crippen MR) is 90.0 cm³/mol. The fourth-order valence-electron chi connectivity index (χ4n) is 2.19. The molecule has 0 saturated carbocycles. The van der Waals surface area contributed by atoms with E-state index in [-0.39, 0.29) is 0 Å². The molecule has 0 aliphatic rings. The van der Waals surface area contributed by atoms with Crippen molar-refractivity contribution in [3.63, 3.8) is 0 Å². The van der Waals surface area contributed by atoms with Crippen molar-refractivity contribution in [2.75, 3.05) is 0 Å². The first-order valence-corrected chi connectivity index (χ1v) is 7.06. The SMILES string of the molecule is OC(C#CC#Cc1ccccc1)c1ccc2ccccc2c1. The van der Waals surface area contributed by atoms with Gasteiger partial charge in [-0.2, -0.15) is 0 Å². The summed E-state index contributed by atoms with van der Waals surface area (Å²) in [5.41, 5.74) is 1.70. The van der Waals surface area contributed by atoms with E-state index in [1.54, 1.807) is 0 Å². The van der Waals surface area contributed by atoms with E-state index in [0.717, 1.165) is 21.9 Å². The lowest BCUT2D eigenvalue weighted by molar-refractivity contribution is 0.238. The highest BCUT2D eigenvalue weighted by Gasteiger charge is 2.03. The van der Waals surface area contributed by atoms with Gasteiger partial charge in [-0.1, -0.05) is 66.4 Å². The van der Waals surface area contributed by atoms with Crippen molar-refractivity contribution in [2.45, 2.75) is 6.10 Å². The molecule has 0 aliphatic carbocycles. The Morgan fingerprint density at radius 3 is 2.27 bits per heavy atom. The maximum Gasteiger partial charge on any atom is 0.141 e. The number of hydrogen-bond donors (Lipinski definition) is 1. The minimum Gasteiger partial charge on any atom is -0.376 e. The number of hydrogen-bond acceptors (Lipinski definition) is 1. The van der Waals surface area contributed by atoms with Gasteiger partial charge in [-0.3, -0.25) is 0 Å². The highest BCUT2D eigenvalue weighted by atomic mass is 16.3. The lowest BCUT2D eigenvalue weighted by Gasteiger charge is -2.05. The van der Waals surface area contributed by atoms with Crippen molar-refractivity contribution in [1.82, 2.24) is 0 Å². The molecule has 1 nitrogen and oxygen atoms in total. The summed E-state index contributed by atoms with van der Waals surface area (Å²) >= 11 is 0. The standard InChI is InChI=1S/C21H14O/c22-21(13-7-4-10-17-8-2-1-3-9-17)20-15-14-18-11-5-6-12-19(18)16-20/h1-3,5-6,8-9,11-12,14-16,21-22H. The Labute approximate surface area is 130 Å². The molecule has 0 aliphatic heterocycles. The quantitative estimate of drug-likeness (QED) is 0.671. The molecule has 1 unspecified atom stereocenters. The zero-order valence-electron chi connectivity index (χ0n) is 12.0. The van der Waals surface area contributed by atoms with Crippen LogP contribution in [0, 0.1) is 23.7 Å². The number of benzene rings is 3. The molecule has 22 heavy (non-hydrogen) atoms. The van der Waals surface area contributed by atoms with Crippen LogP contribution in [0.3, 0.4) is 0 Å². The van der Waals surface area contributed by atoms with Gasteiger partial charge in [0.15, 0.2) is 0 Å². The average Bonchev–Trinajstić information content (AvgIpc) is 2.59. The number of fused-ring (bicyclic) bond motifs is 1. The molecule has 0 fully saturated rings. The highest BCUT2D eigenvalue weighted by molar-refractivity contribution is 5.83. The number of aliphatic hydroxyl groups is 1. The predicted octanol–water partition coefficient (Wildman–Crippen LogP) is 3.93. The van der Waals surface area contributed by atoms with E-state index in [9.17, 15) is 5.11 Å². The van der Waals surface area contributed by atoms with Crippen molar-refractivity contribution in [2.24, 2.45) is 0 Å². The van der Waals surface area contributed by atoms with Gasteiger partial charge in [0.1, 0.15) is 6.10 Å². The third-order valence-corrected chi connectivity index (χ3v) is 3.34. The van der Waals surface area contributed by atoms with E-state index in [1.165, 1.54) is 0 Å². The van der Waals surface area contributed by atoms with Gasteiger partial charge in [0.25, 0.3) is 0 Å². The Morgan fingerprint density at radius 1 is 0.727 bits per heavy atom. The second kappa shape index (κ2) is 6.64. The molecule has 0 heterocycles. The molecule has 1 heteroatoms. The number of rotatable bonds is 1. The largest absolute Gasteiger partial charge is 0.376 e. The van der Waals surface area contributed by atoms with Gasteiger partial charge in [0.2, 0.25) is 0 Å². The summed E-state index contributed by atoms with van der Waals surface area (Å²) in [7, 11) is 0. The summed E-state index contributed by atoms with van der Waals surface area (Å²) in [4.78, 5) is 0. The Morgan fingerprint density at radius 2 is 1.45 bits per heavy atom. The number of aliphatic hydroxyl groups excluding tert-OH is 1. The van der Waals surface area contributed by atoms with E-state index in [4.69, 9.17) is 0 Å². The third kappa shape index (κ3) is 3.36. The lowest BCUT2D eigenvalue weighted by Crippen LogP contribution is -1.93. The van der Waals surface area contributed by atoms with E-state index >= 15 is 0 Å². The van der Waals surface area contributed by atoms with Crippen LogP contribution in [-0.4, -0.2) is 5.11 Å². The maximum atomic E-state index is 10.1. The van der Waals surface area contributed by atoms with E-state index < -0.39 is 6.10 Å². The molecule has 0 bridgehead atoms. The van der Waals surface area contributed by atoms with Crippen molar-refractivity contribution >= 4 is 10.8 Å². The first-order chi connectivity index (χ1) is 10.8. The average molecular weight is 282 g/mol. The topological polar surface area (TPSA) is 20.2 Å². The molecule has 3 aromatic rings. The second-order valence-electron chi connectivity index (χ2n) is 4.89. The van der Waals surface area contributed by atoms with Crippen LogP contribution in [0.2, 0.25) is 0 Å². The summed E-state index contributed by atoms with van der Waals surface area (Å²) in [5.74, 6) is 11.2. The molecular weight excluding hydrogens is 268 g/mol. The van der Waals surface area contributed by atoms with Crippen LogP contribution in [0.5, 0.6) is 0 Å². The second-order valence-corrected chi connectivity index (χ2v) is 4.89. The Bertz CT molecular complexity index is 902. The summed E-state index contributed by atoms with van der Waals surface area (Å²) in [5, 5.41) is 12.4. The Kier molecular flexibility index (Phi) is 4.21. The Hall–Kier alpha value is -3.00. The van der Waals surface area contributed by atoms with Crippen LogP contribution < -0.4 is 0 Å². The first-order valence-electron chi connectivity index (χ1n) is 7.06. The van der Waals surface area contributed by atoms with Gasteiger partial charge < -0.3 is 5.11 Å². The molecule has 3 aromatic carbocycles. The van der Waals surface area contributed by atoms with Crippen LogP contribution >= 0.6 is 0 Å². The minimum atomic E-state index is -0.824. The van der Waals surface area contributed by atoms with Crippen LogP contribution in [0.25, 0.3) is 10.8 Å². The van der Waals surface area contributed by atoms with Crippen molar-refractivity contribution in [1.29, 1.82) is 0 Å². The Balaban J connectivity index is 1.78. The van der Waals surface area contributed by atoms with Gasteiger partial charge in [0.05, 0.1) is 0 Å². The molecule has 0 aromatic heterocycles. The zero-order valence-corrected chi connectivity index (χ0v) is 12.0. The van der Waals surface area contributed by atoms with Gasteiger partial charge >= 0.3 is 0 Å². The fourth-order valence-corrected chi connectivity index (χ4v) is 2.19. The van der Waals surface area contributed by atoms with Gasteiger partial charge in [0, 0.05) is 5.56 Å². The molecule has 0 radical (unpaired) electrons. The van der Waals surface area contributed by atoms with Crippen molar-refractivity contribution < 1.29 is 5.11 Å². The van der Waals surface area contributed by atoms with Crippen LogP contribution in [0.4, 0.5) is 0 Å². The summed E-state index contributed by atoms with van der Waals surface area (Å²) in [6, 6.07) is 23.5. The molecule has 104 valence electrons. The monoisotopic (exact) mass is 282 g/mol. The first kappa shape index (κ1) is 14.0. The summed E-state index contributed by atoms with van der Waals surface area (Å²) in [6.07, 6.45) is -0.824. The maximum absolute atomic E-state index is 10.1. The molecule has 0 amide bonds. The molecule has 1 N–H and O–H groups in total. The molecule has 1 atom stereocenters. The highest BCUT2D eigenvalue weighted by Crippen LogP contribution is 2.19. The molecule has 0 saturated heterocycles. The van der Waals surface area contributed by atoms with Crippen LogP contribution in [-0.2, 0) is 0 Å². The van der Waals surface area contributed by atoms with Crippen LogP contribution in [0.1, 0.15) is 17.2 Å². The zero-order chi connectivity index (χ0) is 15.2. The van der Waals surface area contributed by atoms with E-state index in [1.807, 2.05) is 72.8 Å². The molecule has 0 spiro atoms. The van der Waals surface area contributed by atoms with Gasteiger partial charge in [-0.25, -0.2) is 0 Å². The fraction of sp³-hybridized carbons (Fsp3) is 0.0476. The molecule has 3 rings (SSSR count). The van der Waals surface area contributed by atoms with Gasteiger partial charge in [-0.15, -0.1) is 0 Å². The van der Waals surface area contributed by atoms with Crippen LogP contribution in [0.15, 0.2) is 72.8 Å². The lowest BCUT2D eigenvalue weighted by atomic mass is 10.0. The smallest absolute Gasteiger partial charge is 0.141 e. The van der Waals surface area contributed by atoms with E-state index in [0.29, 0.717) is 0 Å². The summed E-state index contributed by atoms with van der Waals surface area (Å²) < 4.78 is 0. The third-order valence-electron chi connectivity index (χ3n) is 3.34. The van der Waals surface area contributed by atoms with Crippen molar-refractivity contribution in [3.8, 4) is 23.7 Å². The summed E-state index contributed by atoms with van der Waals surface area (Å²) in [6.45, 7) is 0. The van der Waals surface area contributed by atoms with Crippen molar-refractivity contribution in [3.05, 3.63) is 83.9 Å². The van der Waals surface area contributed by atoms with E-state index in [2.05, 4.69) is 23.7 Å². The van der Waals surface area contributed by atoms with Gasteiger partial charge in [-0.05, 0) is 46.4 Å².